The lowest BCUT2D eigenvalue weighted by molar-refractivity contribution is -0.138. The summed E-state index contributed by atoms with van der Waals surface area (Å²) in [5.74, 6) is -0.777. The Morgan fingerprint density at radius 2 is 2.10 bits per heavy atom. The zero-order valence-electron chi connectivity index (χ0n) is 11.0. The summed E-state index contributed by atoms with van der Waals surface area (Å²) >= 11 is 0. The SMILES string of the molecule is O=C(NCCCn1ccnc1)c1cnccc1C(F)(F)F. The predicted molar refractivity (Wildman–Crippen MR) is 68.4 cm³/mol. The Morgan fingerprint density at radius 3 is 2.76 bits per heavy atom. The number of aryl methyl sites for hydroxylation is 1. The molecule has 0 saturated heterocycles. The Hall–Kier alpha value is -2.38. The molecular formula is C13H13F3N4O. The van der Waals surface area contributed by atoms with Crippen LogP contribution in [-0.2, 0) is 12.7 Å². The van der Waals surface area contributed by atoms with Gasteiger partial charge < -0.3 is 9.88 Å². The molecule has 8 heteroatoms. The summed E-state index contributed by atoms with van der Waals surface area (Å²) < 4.78 is 40.1. The molecule has 2 aromatic heterocycles. The summed E-state index contributed by atoms with van der Waals surface area (Å²) in [5.41, 5.74) is -1.45. The maximum atomic E-state index is 12.8. The van der Waals surface area contributed by atoms with Crippen LogP contribution >= 0.6 is 0 Å². The van der Waals surface area contributed by atoms with Gasteiger partial charge in [-0.25, -0.2) is 4.98 Å². The molecule has 0 radical (unpaired) electrons. The summed E-state index contributed by atoms with van der Waals surface area (Å²) in [4.78, 5) is 19.2. The second-order valence-corrected chi connectivity index (χ2v) is 4.33. The van der Waals surface area contributed by atoms with E-state index in [0.717, 1.165) is 18.5 Å². The lowest BCUT2D eigenvalue weighted by Gasteiger charge is -2.12. The number of carbonyl (C=O) groups excluding carboxylic acids is 1. The number of amides is 1. The van der Waals surface area contributed by atoms with Gasteiger partial charge in [-0.1, -0.05) is 0 Å². The van der Waals surface area contributed by atoms with E-state index in [4.69, 9.17) is 0 Å². The molecule has 1 amide bonds. The van der Waals surface area contributed by atoms with Gasteiger partial charge in [-0.15, -0.1) is 0 Å². The molecule has 0 aliphatic rings. The first-order valence-electron chi connectivity index (χ1n) is 6.23. The van der Waals surface area contributed by atoms with Gasteiger partial charge in [-0.2, -0.15) is 13.2 Å². The number of pyridine rings is 1. The van der Waals surface area contributed by atoms with Gasteiger partial charge in [0.2, 0.25) is 0 Å². The van der Waals surface area contributed by atoms with E-state index in [1.165, 1.54) is 0 Å². The second kappa shape index (κ2) is 6.38. The molecule has 1 N–H and O–H groups in total. The summed E-state index contributed by atoms with van der Waals surface area (Å²) in [5, 5.41) is 2.46. The standard InChI is InChI=1S/C13H13F3N4O/c14-13(15,16)11-2-4-17-8-10(11)12(21)19-3-1-6-20-7-5-18-9-20/h2,4-5,7-9H,1,3,6H2,(H,19,21). The van der Waals surface area contributed by atoms with E-state index in [1.54, 1.807) is 18.7 Å². The van der Waals surface area contributed by atoms with Crippen LogP contribution in [0.15, 0.2) is 37.2 Å². The van der Waals surface area contributed by atoms with Gasteiger partial charge in [0.15, 0.2) is 0 Å². The molecule has 0 aromatic carbocycles. The number of carbonyl (C=O) groups is 1. The molecule has 2 rings (SSSR count). The minimum absolute atomic E-state index is 0.267. The molecule has 2 aromatic rings. The normalized spacial score (nSPS) is 11.4. The molecule has 0 fully saturated rings. The number of rotatable bonds is 5. The van der Waals surface area contributed by atoms with Crippen molar-refractivity contribution in [1.29, 1.82) is 0 Å². The number of aromatic nitrogens is 3. The smallest absolute Gasteiger partial charge is 0.352 e. The fourth-order valence-electron chi connectivity index (χ4n) is 1.80. The molecular weight excluding hydrogens is 285 g/mol. The van der Waals surface area contributed by atoms with E-state index in [-0.39, 0.29) is 6.54 Å². The van der Waals surface area contributed by atoms with Crippen LogP contribution in [0, 0.1) is 0 Å². The van der Waals surface area contributed by atoms with Crippen LogP contribution in [0.25, 0.3) is 0 Å². The van der Waals surface area contributed by atoms with Gasteiger partial charge in [0.25, 0.3) is 5.91 Å². The lowest BCUT2D eigenvalue weighted by Crippen LogP contribution is -2.27. The highest BCUT2D eigenvalue weighted by atomic mass is 19.4. The Bertz CT molecular complexity index is 596. The Labute approximate surface area is 118 Å². The Balaban J connectivity index is 1.92. The van der Waals surface area contributed by atoms with Crippen LogP contribution in [0.4, 0.5) is 13.2 Å². The number of imidazole rings is 1. The molecule has 0 spiro atoms. The molecule has 5 nitrogen and oxygen atoms in total. The fourth-order valence-corrected chi connectivity index (χ4v) is 1.80. The maximum Gasteiger partial charge on any atom is 0.417 e. The van der Waals surface area contributed by atoms with Crippen LogP contribution < -0.4 is 5.32 Å². The third-order valence-corrected chi connectivity index (χ3v) is 2.81. The maximum absolute atomic E-state index is 12.8. The van der Waals surface area contributed by atoms with Gasteiger partial charge in [0, 0.05) is 37.9 Å². The number of halogens is 3. The van der Waals surface area contributed by atoms with Gasteiger partial charge in [-0.05, 0) is 12.5 Å². The molecule has 0 aliphatic carbocycles. The molecule has 0 aliphatic heterocycles. The number of nitrogens with zero attached hydrogens (tertiary/aromatic N) is 3. The van der Waals surface area contributed by atoms with Crippen molar-refractivity contribution in [3.8, 4) is 0 Å². The quantitative estimate of drug-likeness (QED) is 0.860. The van der Waals surface area contributed by atoms with E-state index >= 15 is 0 Å². The highest BCUT2D eigenvalue weighted by Gasteiger charge is 2.35. The van der Waals surface area contributed by atoms with Crippen LogP contribution in [0.2, 0.25) is 0 Å². The zero-order chi connectivity index (χ0) is 15.3. The monoisotopic (exact) mass is 298 g/mol. The van der Waals surface area contributed by atoms with E-state index in [0.29, 0.717) is 13.0 Å². The van der Waals surface area contributed by atoms with Crippen LogP contribution in [0.5, 0.6) is 0 Å². The van der Waals surface area contributed by atoms with E-state index < -0.39 is 23.2 Å². The molecule has 0 bridgehead atoms. The molecule has 2 heterocycles. The fraction of sp³-hybridized carbons (Fsp3) is 0.308. The van der Waals surface area contributed by atoms with Gasteiger partial charge in [0.05, 0.1) is 17.5 Å². The number of nitrogens with one attached hydrogen (secondary N) is 1. The van der Waals surface area contributed by atoms with E-state index in [1.807, 2.05) is 4.57 Å². The van der Waals surface area contributed by atoms with Crippen LogP contribution in [0.3, 0.4) is 0 Å². The summed E-state index contributed by atoms with van der Waals surface area (Å²) in [6.45, 7) is 0.892. The zero-order valence-corrected chi connectivity index (χ0v) is 11.0. The van der Waals surface area contributed by atoms with Crippen molar-refractivity contribution >= 4 is 5.91 Å². The van der Waals surface area contributed by atoms with Gasteiger partial charge in [-0.3, -0.25) is 9.78 Å². The van der Waals surface area contributed by atoms with Crippen molar-refractivity contribution in [2.45, 2.75) is 19.1 Å². The van der Waals surface area contributed by atoms with Crippen molar-refractivity contribution in [2.75, 3.05) is 6.54 Å². The first kappa shape index (κ1) is 15.0. The minimum atomic E-state index is -4.58. The number of hydrogen-bond acceptors (Lipinski definition) is 3. The molecule has 0 saturated carbocycles. The van der Waals surface area contributed by atoms with Crippen molar-refractivity contribution in [3.63, 3.8) is 0 Å². The van der Waals surface area contributed by atoms with Crippen molar-refractivity contribution in [2.24, 2.45) is 0 Å². The van der Waals surface area contributed by atoms with E-state index in [9.17, 15) is 18.0 Å². The number of alkyl halides is 3. The van der Waals surface area contributed by atoms with Gasteiger partial charge >= 0.3 is 6.18 Å². The lowest BCUT2D eigenvalue weighted by atomic mass is 10.1. The molecule has 0 atom stereocenters. The van der Waals surface area contributed by atoms with Crippen molar-refractivity contribution in [1.82, 2.24) is 19.9 Å². The number of hydrogen-bond donors (Lipinski definition) is 1. The first-order chi connectivity index (χ1) is 9.98. The first-order valence-corrected chi connectivity index (χ1v) is 6.23. The predicted octanol–water partition coefficient (Wildman–Crippen LogP) is 2.12. The molecule has 112 valence electrons. The molecule has 21 heavy (non-hydrogen) atoms. The minimum Gasteiger partial charge on any atom is -0.352 e. The molecule has 0 unspecified atom stereocenters. The van der Waals surface area contributed by atoms with Crippen LogP contribution in [0.1, 0.15) is 22.3 Å². The summed E-state index contributed by atoms with van der Waals surface area (Å²) in [6, 6.07) is 0.792. The average molecular weight is 298 g/mol. The summed E-state index contributed by atoms with van der Waals surface area (Å²) in [6.07, 6.45) is 2.97. The topological polar surface area (TPSA) is 59.8 Å². The summed E-state index contributed by atoms with van der Waals surface area (Å²) in [7, 11) is 0. The highest BCUT2D eigenvalue weighted by molar-refractivity contribution is 5.95. The Morgan fingerprint density at radius 1 is 1.29 bits per heavy atom. The third-order valence-electron chi connectivity index (χ3n) is 2.81. The third kappa shape index (κ3) is 4.04. The van der Waals surface area contributed by atoms with Crippen LogP contribution in [-0.4, -0.2) is 27.0 Å². The van der Waals surface area contributed by atoms with E-state index in [2.05, 4.69) is 15.3 Å². The largest absolute Gasteiger partial charge is 0.417 e. The van der Waals surface area contributed by atoms with Crippen molar-refractivity contribution in [3.05, 3.63) is 48.3 Å². The Kier molecular flexibility index (Phi) is 4.56. The average Bonchev–Trinajstić information content (AvgIpc) is 2.95. The second-order valence-electron chi connectivity index (χ2n) is 4.33. The highest BCUT2D eigenvalue weighted by Crippen LogP contribution is 2.31. The van der Waals surface area contributed by atoms with Gasteiger partial charge in [0.1, 0.15) is 0 Å². The van der Waals surface area contributed by atoms with Crippen molar-refractivity contribution < 1.29 is 18.0 Å².